The lowest BCUT2D eigenvalue weighted by Gasteiger charge is -2.44. The topological polar surface area (TPSA) is 60.8 Å². The van der Waals surface area contributed by atoms with Crippen molar-refractivity contribution in [2.24, 2.45) is 0 Å². The van der Waals surface area contributed by atoms with Crippen molar-refractivity contribution in [1.29, 1.82) is 0 Å². The number of benzene rings is 3. The first kappa shape index (κ1) is 29.6. The van der Waals surface area contributed by atoms with Gasteiger partial charge < -0.3 is 15.1 Å². The smallest absolute Gasteiger partial charge is 0.335 e. The minimum absolute atomic E-state index is 0.0171. The van der Waals surface area contributed by atoms with E-state index in [4.69, 9.17) is 0 Å². The number of nitrogens with zero attached hydrogens (tertiary/aromatic N) is 1. The minimum atomic E-state index is -0.945. The Balaban J connectivity index is 1.75. The predicted octanol–water partition coefficient (Wildman–Crippen LogP) is 8.07. The average Bonchev–Trinajstić information content (AvgIpc) is 2.89. The minimum Gasteiger partial charge on any atom is -0.478 e. The molecule has 1 atom stereocenters. The van der Waals surface area contributed by atoms with Crippen LogP contribution in [0.2, 0.25) is 0 Å². The molecule has 0 aromatic heterocycles. The van der Waals surface area contributed by atoms with Crippen molar-refractivity contribution in [3.05, 3.63) is 106 Å². The Bertz CT molecular complexity index is 1390. The van der Waals surface area contributed by atoms with E-state index in [0.29, 0.717) is 0 Å². The van der Waals surface area contributed by atoms with Crippen LogP contribution in [-0.4, -0.2) is 30.3 Å². The maximum atomic E-state index is 11.4. The van der Waals surface area contributed by atoms with Gasteiger partial charge in [-0.3, -0.25) is 0 Å². The average molecular weight is 540 g/mol. The number of hydrogen-bond acceptors (Lipinski definition) is 3. The van der Waals surface area contributed by atoms with Crippen LogP contribution in [0.25, 0.3) is 6.08 Å². The van der Waals surface area contributed by atoms with Crippen LogP contribution in [0.4, 0.5) is 5.69 Å². The third kappa shape index (κ3) is 6.18. The summed E-state index contributed by atoms with van der Waals surface area (Å²) in [6.07, 6.45) is 6.00. The molecule has 4 nitrogen and oxygen atoms in total. The van der Waals surface area contributed by atoms with E-state index in [1.807, 2.05) is 6.08 Å². The third-order valence-electron chi connectivity index (χ3n) is 8.79. The Morgan fingerprint density at radius 1 is 0.950 bits per heavy atom. The van der Waals surface area contributed by atoms with Gasteiger partial charge in [0.15, 0.2) is 0 Å². The molecule has 1 aliphatic rings. The zero-order chi connectivity index (χ0) is 29.5. The van der Waals surface area contributed by atoms with Crippen molar-refractivity contribution < 1.29 is 15.0 Å². The molecule has 4 rings (SSSR count). The molecular formula is C36H45NO3. The van der Waals surface area contributed by atoms with Gasteiger partial charge in [-0.1, -0.05) is 90.1 Å². The Kier molecular flexibility index (Phi) is 8.06. The van der Waals surface area contributed by atoms with Crippen LogP contribution in [0.3, 0.4) is 0 Å². The molecule has 0 radical (unpaired) electrons. The molecule has 3 aromatic carbocycles. The quantitative estimate of drug-likeness (QED) is 0.304. The predicted molar refractivity (Wildman–Crippen MR) is 167 cm³/mol. The molecule has 1 aliphatic carbocycles. The van der Waals surface area contributed by atoms with Crippen LogP contribution < -0.4 is 4.90 Å². The molecule has 0 heterocycles. The van der Waals surface area contributed by atoms with Crippen LogP contribution in [0.5, 0.6) is 0 Å². The molecule has 0 fully saturated rings. The van der Waals surface area contributed by atoms with E-state index >= 15 is 0 Å². The van der Waals surface area contributed by atoms with Gasteiger partial charge in [-0.15, -0.1) is 0 Å². The Morgan fingerprint density at radius 2 is 1.55 bits per heavy atom. The van der Waals surface area contributed by atoms with Gasteiger partial charge in [0.05, 0.1) is 11.7 Å². The summed E-state index contributed by atoms with van der Waals surface area (Å²) in [6.45, 7) is 14.0. The van der Waals surface area contributed by atoms with Crippen molar-refractivity contribution >= 4 is 17.7 Å². The molecule has 0 amide bonds. The first-order valence-corrected chi connectivity index (χ1v) is 14.3. The lowest BCUT2D eigenvalue weighted by molar-refractivity contribution is 0.0697. The highest BCUT2D eigenvalue weighted by Gasteiger charge is 2.40. The number of aliphatic hydroxyl groups is 1. The van der Waals surface area contributed by atoms with Crippen LogP contribution in [0.15, 0.2) is 66.7 Å². The highest BCUT2D eigenvalue weighted by atomic mass is 16.4. The van der Waals surface area contributed by atoms with Gasteiger partial charge in [0.2, 0.25) is 0 Å². The number of aromatic carboxylic acids is 1. The van der Waals surface area contributed by atoms with Crippen molar-refractivity contribution in [1.82, 2.24) is 0 Å². The van der Waals surface area contributed by atoms with Crippen LogP contribution in [0.1, 0.15) is 104 Å². The van der Waals surface area contributed by atoms with Gasteiger partial charge in [0, 0.05) is 19.8 Å². The monoisotopic (exact) mass is 539 g/mol. The highest BCUT2D eigenvalue weighted by Crippen LogP contribution is 2.49. The van der Waals surface area contributed by atoms with E-state index in [1.165, 1.54) is 27.9 Å². The number of carboxylic acid groups (broad SMARTS) is 1. The lowest BCUT2D eigenvalue weighted by Crippen LogP contribution is -2.36. The molecule has 0 spiro atoms. The van der Waals surface area contributed by atoms with Gasteiger partial charge in [0.25, 0.3) is 0 Å². The summed E-state index contributed by atoms with van der Waals surface area (Å²) in [4.78, 5) is 13.3. The van der Waals surface area contributed by atoms with E-state index in [0.717, 1.165) is 30.4 Å². The van der Waals surface area contributed by atoms with Gasteiger partial charge in [-0.05, 0) is 93.2 Å². The standard InChI is InChI=1S/C36H45NO3/c1-34(2)19-20-35(3,4)32-27(23-36(5,6)28-14-16-29(17-15-28)37(7)8)21-26(22-30(32)34)31(38)18-11-24-9-12-25(13-10-24)33(39)40/h9-18,21-22,31,38H,19-20,23H2,1-8H3,(H,39,40)/b18-11+. The molecule has 0 bridgehead atoms. The van der Waals surface area contributed by atoms with Crippen LogP contribution >= 0.6 is 0 Å². The molecular weight excluding hydrogens is 494 g/mol. The second kappa shape index (κ2) is 10.9. The number of carboxylic acids is 1. The maximum absolute atomic E-state index is 11.4. The van der Waals surface area contributed by atoms with E-state index in [9.17, 15) is 15.0 Å². The van der Waals surface area contributed by atoms with Gasteiger partial charge >= 0.3 is 5.97 Å². The second-order valence-corrected chi connectivity index (χ2v) is 13.6. The number of rotatable bonds is 8. The molecule has 1 unspecified atom stereocenters. The van der Waals surface area contributed by atoms with Crippen molar-refractivity contribution in [2.45, 2.75) is 83.2 Å². The fourth-order valence-electron chi connectivity index (χ4n) is 6.09. The summed E-state index contributed by atoms with van der Waals surface area (Å²) in [6, 6.07) is 20.0. The fraction of sp³-hybridized carbons (Fsp3) is 0.417. The summed E-state index contributed by atoms with van der Waals surface area (Å²) in [7, 11) is 4.12. The van der Waals surface area contributed by atoms with E-state index in [2.05, 4.69) is 96.9 Å². The summed E-state index contributed by atoms with van der Waals surface area (Å²) >= 11 is 0. The number of anilines is 1. The number of aliphatic hydroxyl groups excluding tert-OH is 1. The Labute approximate surface area is 240 Å². The van der Waals surface area contributed by atoms with E-state index in [1.54, 1.807) is 30.3 Å². The van der Waals surface area contributed by atoms with E-state index in [-0.39, 0.29) is 21.8 Å². The third-order valence-corrected chi connectivity index (χ3v) is 8.79. The van der Waals surface area contributed by atoms with Crippen LogP contribution in [0, 0.1) is 0 Å². The zero-order valence-corrected chi connectivity index (χ0v) is 25.4. The van der Waals surface area contributed by atoms with Crippen molar-refractivity contribution in [3.63, 3.8) is 0 Å². The summed E-state index contributed by atoms with van der Waals surface area (Å²) in [5, 5.41) is 20.5. The molecule has 40 heavy (non-hydrogen) atoms. The Morgan fingerprint density at radius 3 is 2.12 bits per heavy atom. The summed E-state index contributed by atoms with van der Waals surface area (Å²) < 4.78 is 0. The lowest BCUT2D eigenvalue weighted by atomic mass is 9.60. The number of fused-ring (bicyclic) bond motifs is 1. The molecule has 0 aliphatic heterocycles. The number of hydrogen-bond donors (Lipinski definition) is 2. The fourth-order valence-corrected chi connectivity index (χ4v) is 6.09. The van der Waals surface area contributed by atoms with Crippen LogP contribution in [-0.2, 0) is 22.7 Å². The summed E-state index contributed by atoms with van der Waals surface area (Å²) in [5.74, 6) is -0.945. The first-order valence-electron chi connectivity index (χ1n) is 14.3. The SMILES string of the molecule is CN(C)c1ccc(C(C)(C)Cc2cc(C(O)/C=C/c3ccc(C(=O)O)cc3)cc3c2C(C)(C)CCC3(C)C)cc1. The maximum Gasteiger partial charge on any atom is 0.335 e. The number of carbonyl (C=O) groups is 1. The van der Waals surface area contributed by atoms with Gasteiger partial charge in [-0.2, -0.15) is 0 Å². The van der Waals surface area contributed by atoms with Crippen molar-refractivity contribution in [2.75, 3.05) is 19.0 Å². The summed E-state index contributed by atoms with van der Waals surface area (Å²) in [5.41, 5.74) is 8.55. The van der Waals surface area contributed by atoms with Crippen molar-refractivity contribution in [3.8, 4) is 0 Å². The van der Waals surface area contributed by atoms with E-state index < -0.39 is 12.1 Å². The molecule has 212 valence electrons. The largest absolute Gasteiger partial charge is 0.478 e. The molecule has 0 saturated heterocycles. The zero-order valence-electron chi connectivity index (χ0n) is 25.4. The van der Waals surface area contributed by atoms with Gasteiger partial charge in [0.1, 0.15) is 0 Å². The van der Waals surface area contributed by atoms with Gasteiger partial charge in [-0.25, -0.2) is 4.79 Å². The molecule has 0 saturated carbocycles. The molecule has 3 aromatic rings. The highest BCUT2D eigenvalue weighted by molar-refractivity contribution is 5.87. The Hall–Kier alpha value is -3.37. The molecule has 4 heteroatoms. The first-order chi connectivity index (χ1) is 18.6. The normalized spacial score (nSPS) is 16.9. The molecule has 2 N–H and O–H groups in total. The second-order valence-electron chi connectivity index (χ2n) is 13.6.